The Hall–Kier alpha value is -2.34. The average molecular weight is 333 g/mol. The summed E-state index contributed by atoms with van der Waals surface area (Å²) in [7, 11) is 1.72. The van der Waals surface area contributed by atoms with E-state index in [1.54, 1.807) is 30.3 Å². The molecule has 2 N–H and O–H groups in total. The van der Waals surface area contributed by atoms with Crippen molar-refractivity contribution in [3.63, 3.8) is 0 Å². The Balaban J connectivity index is 1.84. The zero-order chi connectivity index (χ0) is 16.6. The fraction of sp³-hybridized carbons (Fsp3) is 0.312. The molecule has 1 aliphatic rings. The number of nitrogens with zero attached hydrogens (tertiary/aromatic N) is 2. The molecule has 1 aliphatic heterocycles. The van der Waals surface area contributed by atoms with Crippen molar-refractivity contribution in [2.24, 2.45) is 0 Å². The van der Waals surface area contributed by atoms with Gasteiger partial charge in [0.05, 0.1) is 16.2 Å². The second-order valence-electron chi connectivity index (χ2n) is 5.65. The maximum Gasteiger partial charge on any atom is 0.319 e. The van der Waals surface area contributed by atoms with Crippen LogP contribution in [-0.4, -0.2) is 41.5 Å². The lowest BCUT2D eigenvalue weighted by molar-refractivity contribution is -0.128. The molecule has 1 fully saturated rings. The van der Waals surface area contributed by atoms with Crippen molar-refractivity contribution in [3.8, 4) is 0 Å². The third-order valence-electron chi connectivity index (χ3n) is 4.00. The first kappa shape index (κ1) is 15.6. The van der Waals surface area contributed by atoms with Crippen molar-refractivity contribution < 1.29 is 9.59 Å². The average Bonchev–Trinajstić information content (AvgIpc) is 2.83. The van der Waals surface area contributed by atoms with Crippen molar-refractivity contribution in [1.29, 1.82) is 0 Å². The van der Waals surface area contributed by atoms with E-state index >= 15 is 0 Å². The molecule has 1 saturated heterocycles. The summed E-state index contributed by atoms with van der Waals surface area (Å²) in [5.41, 5.74) is 2.21. The number of carbonyl (C=O) groups is 2. The summed E-state index contributed by atoms with van der Waals surface area (Å²) in [5.74, 6) is -0.0818. The molecule has 0 unspecified atom stereocenters. The van der Waals surface area contributed by atoms with Crippen LogP contribution in [0.2, 0.25) is 5.02 Å². The van der Waals surface area contributed by atoms with Gasteiger partial charge in [-0.1, -0.05) is 11.6 Å². The van der Waals surface area contributed by atoms with Crippen LogP contribution >= 0.6 is 11.6 Å². The normalized spacial score (nSPS) is 17.6. The van der Waals surface area contributed by atoms with Crippen LogP contribution in [0.15, 0.2) is 24.4 Å². The van der Waals surface area contributed by atoms with Gasteiger partial charge in [0, 0.05) is 25.2 Å². The third kappa shape index (κ3) is 2.94. The molecular formula is C16H17ClN4O2. The number of urea groups is 1. The third-order valence-corrected chi connectivity index (χ3v) is 4.30. The Kier molecular flexibility index (Phi) is 4.09. The fourth-order valence-corrected chi connectivity index (χ4v) is 3.08. The molecule has 120 valence electrons. The highest BCUT2D eigenvalue weighted by atomic mass is 35.5. The van der Waals surface area contributed by atoms with E-state index in [1.807, 2.05) is 13.0 Å². The highest BCUT2D eigenvalue weighted by molar-refractivity contribution is 6.35. The number of rotatable bonds is 2. The van der Waals surface area contributed by atoms with Crippen molar-refractivity contribution >= 4 is 40.1 Å². The molecule has 0 spiro atoms. The van der Waals surface area contributed by atoms with E-state index in [0.717, 1.165) is 16.5 Å². The number of hydrogen-bond acceptors (Lipinski definition) is 3. The fourth-order valence-electron chi connectivity index (χ4n) is 2.77. The molecule has 0 bridgehead atoms. The summed E-state index contributed by atoms with van der Waals surface area (Å²) in [6, 6.07) is 4.46. The van der Waals surface area contributed by atoms with Crippen LogP contribution in [0, 0.1) is 6.92 Å². The first-order chi connectivity index (χ1) is 11.0. The zero-order valence-electron chi connectivity index (χ0n) is 12.9. The van der Waals surface area contributed by atoms with Crippen LogP contribution in [0.5, 0.6) is 0 Å². The molecule has 23 heavy (non-hydrogen) atoms. The number of hydrogen-bond donors (Lipinski definition) is 2. The summed E-state index contributed by atoms with van der Waals surface area (Å²) in [6.07, 6.45) is 2.30. The molecule has 1 aromatic carbocycles. The lowest BCUT2D eigenvalue weighted by Crippen LogP contribution is -2.42. The van der Waals surface area contributed by atoms with Crippen LogP contribution in [0.1, 0.15) is 12.0 Å². The largest absolute Gasteiger partial charge is 0.344 e. The van der Waals surface area contributed by atoms with Gasteiger partial charge in [-0.3, -0.25) is 9.78 Å². The van der Waals surface area contributed by atoms with Crippen molar-refractivity contribution in [1.82, 2.24) is 15.2 Å². The minimum atomic E-state index is -0.492. The Bertz CT molecular complexity index is 793. The van der Waals surface area contributed by atoms with Gasteiger partial charge in [0.1, 0.15) is 6.04 Å². The number of pyridine rings is 1. The molecule has 3 rings (SSSR count). The van der Waals surface area contributed by atoms with Crippen molar-refractivity contribution in [2.75, 3.05) is 18.9 Å². The van der Waals surface area contributed by atoms with E-state index in [4.69, 9.17) is 11.6 Å². The Morgan fingerprint density at radius 1 is 1.48 bits per heavy atom. The van der Waals surface area contributed by atoms with Gasteiger partial charge in [-0.25, -0.2) is 4.79 Å². The second-order valence-corrected chi connectivity index (χ2v) is 6.06. The van der Waals surface area contributed by atoms with Gasteiger partial charge in [0.2, 0.25) is 5.91 Å². The predicted molar refractivity (Wildman–Crippen MR) is 89.7 cm³/mol. The van der Waals surface area contributed by atoms with Crippen LogP contribution in [-0.2, 0) is 4.79 Å². The van der Waals surface area contributed by atoms with Gasteiger partial charge in [-0.05, 0) is 37.1 Å². The highest BCUT2D eigenvalue weighted by Gasteiger charge is 2.30. The van der Waals surface area contributed by atoms with E-state index < -0.39 is 12.1 Å². The molecule has 7 heteroatoms. The monoisotopic (exact) mass is 332 g/mol. The number of carbonyl (C=O) groups excluding carboxylic acids is 2. The summed E-state index contributed by atoms with van der Waals surface area (Å²) in [4.78, 5) is 30.0. The molecule has 1 aromatic heterocycles. The Morgan fingerprint density at radius 3 is 2.96 bits per heavy atom. The number of likely N-dealkylation sites (N-methyl/N-ethyl adjacent to an activating group) is 1. The van der Waals surface area contributed by atoms with E-state index in [2.05, 4.69) is 15.6 Å². The van der Waals surface area contributed by atoms with Gasteiger partial charge in [0.15, 0.2) is 0 Å². The second kappa shape index (κ2) is 6.04. The Morgan fingerprint density at radius 2 is 2.26 bits per heavy atom. The quantitative estimate of drug-likeness (QED) is 0.887. The van der Waals surface area contributed by atoms with Crippen LogP contribution < -0.4 is 10.6 Å². The van der Waals surface area contributed by atoms with Gasteiger partial charge in [0.25, 0.3) is 0 Å². The Labute approximate surface area is 138 Å². The minimum absolute atomic E-state index is 0.0818. The van der Waals surface area contributed by atoms with E-state index in [9.17, 15) is 9.59 Å². The van der Waals surface area contributed by atoms with Crippen LogP contribution in [0.4, 0.5) is 10.5 Å². The smallest absolute Gasteiger partial charge is 0.319 e. The molecular weight excluding hydrogens is 316 g/mol. The number of anilines is 1. The summed E-state index contributed by atoms with van der Waals surface area (Å²) >= 11 is 6.28. The van der Waals surface area contributed by atoms with Gasteiger partial charge in [-0.15, -0.1) is 0 Å². The van der Waals surface area contributed by atoms with E-state index in [1.165, 1.54) is 0 Å². The van der Waals surface area contributed by atoms with Crippen LogP contribution in [0.25, 0.3) is 10.9 Å². The first-order valence-corrected chi connectivity index (χ1v) is 7.71. The lowest BCUT2D eigenvalue weighted by Gasteiger charge is -2.15. The molecule has 6 nitrogen and oxygen atoms in total. The topological polar surface area (TPSA) is 74.3 Å². The summed E-state index contributed by atoms with van der Waals surface area (Å²) in [5, 5.41) is 6.65. The SMILES string of the molecule is Cc1cc(Cl)c(NC(=O)N[C@@H]2CCN(C)C2=O)c2cccnc12. The predicted octanol–water partition coefficient (Wildman–Crippen LogP) is 2.55. The standard InChI is InChI=1S/C16H17ClN4O2/c1-9-8-11(17)14(10-4-3-6-18-13(9)10)20-16(23)19-12-5-7-21(2)15(12)22/h3-4,6,8,12H,5,7H2,1-2H3,(H2,19,20,23)/t12-/m1/s1. The van der Waals surface area contributed by atoms with Crippen molar-refractivity contribution in [3.05, 3.63) is 35.0 Å². The van der Waals surface area contributed by atoms with Gasteiger partial charge < -0.3 is 15.5 Å². The number of aromatic nitrogens is 1. The number of likely N-dealkylation sites (tertiary alicyclic amines) is 1. The number of halogens is 1. The first-order valence-electron chi connectivity index (χ1n) is 7.33. The molecule has 0 aliphatic carbocycles. The molecule has 1 atom stereocenters. The minimum Gasteiger partial charge on any atom is -0.344 e. The highest BCUT2D eigenvalue weighted by Crippen LogP contribution is 2.32. The number of fused-ring (bicyclic) bond motifs is 1. The maximum absolute atomic E-state index is 12.2. The maximum atomic E-state index is 12.2. The number of nitrogens with one attached hydrogen (secondary N) is 2. The van der Waals surface area contributed by atoms with Gasteiger partial charge >= 0.3 is 6.03 Å². The molecule has 2 aromatic rings. The van der Waals surface area contributed by atoms with Crippen LogP contribution in [0.3, 0.4) is 0 Å². The summed E-state index contributed by atoms with van der Waals surface area (Å²) < 4.78 is 0. The number of aryl methyl sites for hydroxylation is 1. The lowest BCUT2D eigenvalue weighted by atomic mass is 10.1. The molecule has 0 radical (unpaired) electrons. The van der Waals surface area contributed by atoms with Crippen molar-refractivity contribution in [2.45, 2.75) is 19.4 Å². The molecule has 0 saturated carbocycles. The zero-order valence-corrected chi connectivity index (χ0v) is 13.6. The number of benzene rings is 1. The number of amides is 3. The summed E-state index contributed by atoms with van der Waals surface area (Å²) in [6.45, 7) is 2.56. The van der Waals surface area contributed by atoms with Gasteiger partial charge in [-0.2, -0.15) is 0 Å². The molecule has 2 heterocycles. The van der Waals surface area contributed by atoms with E-state index in [0.29, 0.717) is 23.7 Å². The molecule has 3 amide bonds. The van der Waals surface area contributed by atoms with E-state index in [-0.39, 0.29) is 5.91 Å².